The lowest BCUT2D eigenvalue weighted by atomic mass is 9.84. The van der Waals surface area contributed by atoms with E-state index < -0.39 is 5.97 Å². The second-order valence-electron chi connectivity index (χ2n) is 4.26. The highest BCUT2D eigenvalue weighted by Gasteiger charge is 2.25. The monoisotopic (exact) mass is 210 g/mol. The summed E-state index contributed by atoms with van der Waals surface area (Å²) in [5.41, 5.74) is 1.82. The van der Waals surface area contributed by atoms with E-state index >= 15 is 0 Å². The highest BCUT2D eigenvalue weighted by Crippen LogP contribution is 2.27. The molecular formula is C11H18N2O2. The number of carbonyl (C=O) groups is 1. The van der Waals surface area contributed by atoms with Crippen molar-refractivity contribution in [2.24, 2.45) is 5.92 Å². The van der Waals surface area contributed by atoms with Gasteiger partial charge >= 0.3 is 5.97 Å². The first-order valence-corrected chi connectivity index (χ1v) is 5.65. The zero-order chi connectivity index (χ0) is 10.7. The van der Waals surface area contributed by atoms with Crippen molar-refractivity contribution in [3.05, 3.63) is 11.1 Å². The number of nitrogens with one attached hydrogen (secondary N) is 2. The van der Waals surface area contributed by atoms with Crippen LogP contribution in [0.4, 0.5) is 0 Å². The van der Waals surface area contributed by atoms with Crippen molar-refractivity contribution < 1.29 is 9.90 Å². The molecule has 0 radical (unpaired) electrons. The van der Waals surface area contributed by atoms with Gasteiger partial charge in [-0.2, -0.15) is 0 Å². The van der Waals surface area contributed by atoms with Crippen molar-refractivity contribution >= 4 is 5.97 Å². The third-order valence-electron chi connectivity index (χ3n) is 3.34. The van der Waals surface area contributed by atoms with Crippen LogP contribution >= 0.6 is 0 Å². The van der Waals surface area contributed by atoms with E-state index in [0.29, 0.717) is 17.9 Å². The van der Waals surface area contributed by atoms with E-state index in [1.54, 1.807) is 0 Å². The Morgan fingerprint density at radius 2 is 1.93 bits per heavy atom. The number of carboxylic acid groups (broad SMARTS) is 1. The minimum Gasteiger partial charge on any atom is -0.478 e. The van der Waals surface area contributed by atoms with Gasteiger partial charge in [0.05, 0.1) is 0 Å². The fraction of sp³-hybridized carbons (Fsp3) is 0.727. The molecule has 0 aromatic heterocycles. The maximum atomic E-state index is 11.1. The van der Waals surface area contributed by atoms with Crippen LogP contribution in [0.1, 0.15) is 19.3 Å². The summed E-state index contributed by atoms with van der Waals surface area (Å²) in [7, 11) is 0. The molecule has 0 amide bonds. The van der Waals surface area contributed by atoms with Crippen LogP contribution in [0.2, 0.25) is 0 Å². The van der Waals surface area contributed by atoms with Crippen molar-refractivity contribution in [3.8, 4) is 0 Å². The first-order valence-electron chi connectivity index (χ1n) is 5.65. The van der Waals surface area contributed by atoms with Gasteiger partial charge in [0.25, 0.3) is 0 Å². The second kappa shape index (κ2) is 4.77. The Morgan fingerprint density at radius 1 is 1.20 bits per heavy atom. The fourth-order valence-corrected chi connectivity index (χ4v) is 2.51. The Balaban J connectivity index is 2.17. The molecule has 3 N–H and O–H groups in total. The lowest BCUT2D eigenvalue weighted by molar-refractivity contribution is -0.133. The van der Waals surface area contributed by atoms with E-state index in [1.165, 1.54) is 0 Å². The topological polar surface area (TPSA) is 61.4 Å². The molecule has 0 spiro atoms. The highest BCUT2D eigenvalue weighted by molar-refractivity contribution is 5.88. The first kappa shape index (κ1) is 10.6. The lowest BCUT2D eigenvalue weighted by Crippen LogP contribution is -2.35. The molecule has 1 saturated heterocycles. The predicted octanol–water partition coefficient (Wildman–Crippen LogP) is 0.360. The van der Waals surface area contributed by atoms with E-state index in [9.17, 15) is 4.79 Å². The molecule has 0 bridgehead atoms. The summed E-state index contributed by atoms with van der Waals surface area (Å²) >= 11 is 0. The Labute approximate surface area is 89.7 Å². The molecular weight excluding hydrogens is 192 g/mol. The Bertz CT molecular complexity index is 280. The van der Waals surface area contributed by atoms with Crippen LogP contribution in [-0.4, -0.2) is 37.3 Å². The third kappa shape index (κ3) is 2.38. The molecule has 0 saturated carbocycles. The van der Waals surface area contributed by atoms with Gasteiger partial charge < -0.3 is 15.7 Å². The van der Waals surface area contributed by atoms with Gasteiger partial charge in [0.1, 0.15) is 0 Å². The van der Waals surface area contributed by atoms with Crippen LogP contribution in [0.3, 0.4) is 0 Å². The summed E-state index contributed by atoms with van der Waals surface area (Å²) in [4.78, 5) is 11.1. The third-order valence-corrected chi connectivity index (χ3v) is 3.34. The largest absolute Gasteiger partial charge is 0.478 e. The first-order chi connectivity index (χ1) is 7.29. The van der Waals surface area contributed by atoms with Gasteiger partial charge in [-0.25, -0.2) is 4.79 Å². The van der Waals surface area contributed by atoms with E-state index in [0.717, 1.165) is 44.6 Å². The number of aliphatic carboxylic acids is 1. The maximum absolute atomic E-state index is 11.1. The summed E-state index contributed by atoms with van der Waals surface area (Å²) in [6, 6.07) is 0. The van der Waals surface area contributed by atoms with Crippen LogP contribution in [0, 0.1) is 5.92 Å². The van der Waals surface area contributed by atoms with E-state index in [4.69, 9.17) is 5.11 Å². The smallest absolute Gasteiger partial charge is 0.331 e. The Morgan fingerprint density at radius 3 is 2.60 bits per heavy atom. The quantitative estimate of drug-likeness (QED) is 0.616. The molecule has 2 aliphatic heterocycles. The van der Waals surface area contributed by atoms with Crippen molar-refractivity contribution in [1.29, 1.82) is 0 Å². The zero-order valence-corrected chi connectivity index (χ0v) is 8.88. The van der Waals surface area contributed by atoms with Gasteiger partial charge in [0.2, 0.25) is 0 Å². The van der Waals surface area contributed by atoms with Crippen molar-refractivity contribution in [1.82, 2.24) is 10.6 Å². The number of piperidine rings is 1. The molecule has 4 heteroatoms. The fourth-order valence-electron chi connectivity index (χ4n) is 2.51. The SMILES string of the molecule is O=C(O)C1=C(C2CCNCC2)CNCC1. The summed E-state index contributed by atoms with van der Waals surface area (Å²) in [6.45, 7) is 3.60. The average molecular weight is 210 g/mol. The molecule has 0 aliphatic carbocycles. The lowest BCUT2D eigenvalue weighted by Gasteiger charge is -2.29. The van der Waals surface area contributed by atoms with Crippen LogP contribution < -0.4 is 10.6 Å². The molecule has 1 fully saturated rings. The average Bonchev–Trinajstić information content (AvgIpc) is 2.30. The number of carboxylic acids is 1. The normalized spacial score (nSPS) is 24.3. The van der Waals surface area contributed by atoms with Crippen LogP contribution in [-0.2, 0) is 4.79 Å². The van der Waals surface area contributed by atoms with Gasteiger partial charge in [-0.05, 0) is 50.4 Å². The highest BCUT2D eigenvalue weighted by atomic mass is 16.4. The molecule has 4 nitrogen and oxygen atoms in total. The molecule has 0 aromatic rings. The van der Waals surface area contributed by atoms with E-state index in [-0.39, 0.29) is 0 Å². The predicted molar refractivity (Wildman–Crippen MR) is 57.7 cm³/mol. The number of hydrogen-bond donors (Lipinski definition) is 3. The van der Waals surface area contributed by atoms with Crippen molar-refractivity contribution in [2.75, 3.05) is 26.2 Å². The summed E-state index contributed by atoms with van der Waals surface area (Å²) in [5.74, 6) is -0.241. The summed E-state index contributed by atoms with van der Waals surface area (Å²) in [5, 5.41) is 15.7. The Kier molecular flexibility index (Phi) is 3.38. The molecule has 0 atom stereocenters. The standard InChI is InChI=1S/C11H18N2O2/c14-11(15)9-3-6-13-7-10(9)8-1-4-12-5-2-8/h8,12-13H,1-7H2,(H,14,15). The van der Waals surface area contributed by atoms with E-state index in [2.05, 4.69) is 10.6 Å². The molecule has 2 heterocycles. The van der Waals surface area contributed by atoms with Crippen LogP contribution in [0.25, 0.3) is 0 Å². The molecule has 84 valence electrons. The van der Waals surface area contributed by atoms with Gasteiger partial charge in [0, 0.05) is 12.1 Å². The van der Waals surface area contributed by atoms with Gasteiger partial charge in [-0.3, -0.25) is 0 Å². The minimum atomic E-state index is -0.718. The zero-order valence-electron chi connectivity index (χ0n) is 8.88. The van der Waals surface area contributed by atoms with Crippen molar-refractivity contribution in [3.63, 3.8) is 0 Å². The maximum Gasteiger partial charge on any atom is 0.331 e. The number of hydrogen-bond acceptors (Lipinski definition) is 3. The van der Waals surface area contributed by atoms with Crippen LogP contribution in [0.5, 0.6) is 0 Å². The van der Waals surface area contributed by atoms with E-state index in [1.807, 2.05) is 0 Å². The molecule has 2 aliphatic rings. The minimum absolute atomic E-state index is 0.477. The number of rotatable bonds is 2. The molecule has 2 rings (SSSR count). The molecule has 0 unspecified atom stereocenters. The summed E-state index contributed by atoms with van der Waals surface area (Å²) < 4.78 is 0. The van der Waals surface area contributed by atoms with Gasteiger partial charge in [-0.1, -0.05) is 0 Å². The molecule has 0 aromatic carbocycles. The second-order valence-corrected chi connectivity index (χ2v) is 4.26. The molecule has 15 heavy (non-hydrogen) atoms. The van der Waals surface area contributed by atoms with Gasteiger partial charge in [-0.15, -0.1) is 0 Å². The Hall–Kier alpha value is -0.870. The summed E-state index contributed by atoms with van der Waals surface area (Å²) in [6.07, 6.45) is 2.83. The van der Waals surface area contributed by atoms with Crippen molar-refractivity contribution in [2.45, 2.75) is 19.3 Å². The van der Waals surface area contributed by atoms with Gasteiger partial charge in [0.15, 0.2) is 0 Å². The van der Waals surface area contributed by atoms with Crippen LogP contribution in [0.15, 0.2) is 11.1 Å².